The number of hydrogen-bond donors (Lipinski definition) is 0. The lowest BCUT2D eigenvalue weighted by Crippen LogP contribution is -2.12. The molecule has 0 unspecified atom stereocenters. The third-order valence-corrected chi connectivity index (χ3v) is 3.19. The highest BCUT2D eigenvalue weighted by molar-refractivity contribution is 5.97. The quantitative estimate of drug-likeness (QED) is 0.775. The van der Waals surface area contributed by atoms with Crippen LogP contribution in [0.5, 0.6) is 5.75 Å². The fourth-order valence-electron chi connectivity index (χ4n) is 1.91. The lowest BCUT2D eigenvalue weighted by atomic mass is 9.87. The lowest BCUT2D eigenvalue weighted by Gasteiger charge is -2.19. The molecular weight excluding hydrogens is 248 g/mol. The second kappa shape index (κ2) is 5.91. The summed E-state index contributed by atoms with van der Waals surface area (Å²) in [7, 11) is 0. The largest absolute Gasteiger partial charge is 0.485 e. The van der Waals surface area contributed by atoms with Crippen LogP contribution in [-0.4, -0.2) is 12.4 Å². The van der Waals surface area contributed by atoms with Crippen molar-refractivity contribution in [1.82, 2.24) is 0 Å². The first kappa shape index (κ1) is 14.3. The van der Waals surface area contributed by atoms with Gasteiger partial charge in [0, 0.05) is 5.56 Å². The van der Waals surface area contributed by atoms with Gasteiger partial charge in [-0.2, -0.15) is 0 Å². The molecule has 104 valence electrons. The first-order valence-electron chi connectivity index (χ1n) is 6.78. The SMILES string of the molecule is CC(C)(C)c1ccc(OCC(=O)c2ccccc2)cc1. The van der Waals surface area contributed by atoms with E-state index in [1.54, 1.807) is 12.1 Å². The van der Waals surface area contributed by atoms with Crippen LogP contribution < -0.4 is 4.74 Å². The maximum Gasteiger partial charge on any atom is 0.200 e. The van der Waals surface area contributed by atoms with Crippen molar-refractivity contribution in [1.29, 1.82) is 0 Å². The molecule has 0 aliphatic rings. The second-order valence-corrected chi connectivity index (χ2v) is 5.85. The third kappa shape index (κ3) is 3.70. The Labute approximate surface area is 120 Å². The molecule has 2 aromatic carbocycles. The molecule has 0 heterocycles. The van der Waals surface area contributed by atoms with Gasteiger partial charge >= 0.3 is 0 Å². The molecule has 0 aliphatic carbocycles. The zero-order valence-corrected chi connectivity index (χ0v) is 12.2. The number of carbonyl (C=O) groups excluding carboxylic acids is 1. The van der Waals surface area contributed by atoms with E-state index in [1.807, 2.05) is 42.5 Å². The molecule has 0 aromatic heterocycles. The monoisotopic (exact) mass is 268 g/mol. The molecule has 2 heteroatoms. The van der Waals surface area contributed by atoms with Crippen LogP contribution in [-0.2, 0) is 5.41 Å². The predicted molar refractivity (Wildman–Crippen MR) is 81.4 cm³/mol. The number of Topliss-reactive ketones (excluding diaryl/α,β-unsaturated/α-hetero) is 1. The van der Waals surface area contributed by atoms with Gasteiger partial charge in [-0.25, -0.2) is 0 Å². The maximum atomic E-state index is 11.9. The number of benzene rings is 2. The third-order valence-electron chi connectivity index (χ3n) is 3.19. The Bertz CT molecular complexity index is 563. The number of rotatable bonds is 4. The van der Waals surface area contributed by atoms with Gasteiger partial charge in [-0.15, -0.1) is 0 Å². The summed E-state index contributed by atoms with van der Waals surface area (Å²) in [6, 6.07) is 17.1. The van der Waals surface area contributed by atoms with E-state index in [-0.39, 0.29) is 17.8 Å². The molecular formula is C18H20O2. The zero-order valence-electron chi connectivity index (χ0n) is 12.2. The average molecular weight is 268 g/mol. The van der Waals surface area contributed by atoms with Crippen LogP contribution in [0.2, 0.25) is 0 Å². The van der Waals surface area contributed by atoms with E-state index in [0.29, 0.717) is 5.56 Å². The van der Waals surface area contributed by atoms with Crippen LogP contribution in [0.3, 0.4) is 0 Å². The zero-order chi connectivity index (χ0) is 14.6. The Hall–Kier alpha value is -2.09. The van der Waals surface area contributed by atoms with Crippen LogP contribution >= 0.6 is 0 Å². The van der Waals surface area contributed by atoms with E-state index in [0.717, 1.165) is 5.75 Å². The van der Waals surface area contributed by atoms with E-state index in [4.69, 9.17) is 4.74 Å². The second-order valence-electron chi connectivity index (χ2n) is 5.85. The minimum atomic E-state index is -0.00880. The molecule has 0 N–H and O–H groups in total. The van der Waals surface area contributed by atoms with Crippen molar-refractivity contribution in [2.24, 2.45) is 0 Å². The standard InChI is InChI=1S/C18H20O2/c1-18(2,3)15-9-11-16(12-10-15)20-13-17(19)14-7-5-4-6-8-14/h4-12H,13H2,1-3H3. The molecule has 2 nitrogen and oxygen atoms in total. The molecule has 20 heavy (non-hydrogen) atoms. The van der Waals surface area contributed by atoms with Gasteiger partial charge < -0.3 is 4.74 Å². The lowest BCUT2D eigenvalue weighted by molar-refractivity contribution is 0.0921. The van der Waals surface area contributed by atoms with Gasteiger partial charge in [0.25, 0.3) is 0 Å². The van der Waals surface area contributed by atoms with E-state index in [2.05, 4.69) is 20.8 Å². The Balaban J connectivity index is 1.96. The fraction of sp³-hybridized carbons (Fsp3) is 0.278. The predicted octanol–water partition coefficient (Wildman–Crippen LogP) is 4.25. The van der Waals surface area contributed by atoms with Crippen LogP contribution in [0.1, 0.15) is 36.7 Å². The van der Waals surface area contributed by atoms with Crippen LogP contribution in [0.4, 0.5) is 0 Å². The Morgan fingerprint density at radius 1 is 0.950 bits per heavy atom. The Morgan fingerprint density at radius 3 is 2.10 bits per heavy atom. The summed E-state index contributed by atoms with van der Waals surface area (Å²) in [6.07, 6.45) is 0. The van der Waals surface area contributed by atoms with E-state index < -0.39 is 0 Å². The molecule has 0 atom stereocenters. The molecule has 2 aromatic rings. The summed E-state index contributed by atoms with van der Waals surface area (Å²) < 4.78 is 5.54. The van der Waals surface area contributed by atoms with Crippen LogP contribution in [0.25, 0.3) is 0 Å². The Morgan fingerprint density at radius 2 is 1.55 bits per heavy atom. The maximum absolute atomic E-state index is 11.9. The van der Waals surface area contributed by atoms with Crippen molar-refractivity contribution in [3.05, 3.63) is 65.7 Å². The van der Waals surface area contributed by atoms with Gasteiger partial charge in [0.1, 0.15) is 5.75 Å². The molecule has 0 bridgehead atoms. The van der Waals surface area contributed by atoms with E-state index >= 15 is 0 Å². The number of hydrogen-bond acceptors (Lipinski definition) is 2. The minimum absolute atomic E-state index is 0.00880. The summed E-state index contributed by atoms with van der Waals surface area (Å²) in [5, 5.41) is 0. The van der Waals surface area contributed by atoms with Crippen molar-refractivity contribution in [2.75, 3.05) is 6.61 Å². The molecule has 0 fully saturated rings. The number of carbonyl (C=O) groups is 1. The van der Waals surface area contributed by atoms with Crippen molar-refractivity contribution in [3.8, 4) is 5.75 Å². The summed E-state index contributed by atoms with van der Waals surface area (Å²) >= 11 is 0. The van der Waals surface area contributed by atoms with Crippen molar-refractivity contribution in [2.45, 2.75) is 26.2 Å². The highest BCUT2D eigenvalue weighted by Crippen LogP contribution is 2.24. The van der Waals surface area contributed by atoms with Crippen molar-refractivity contribution < 1.29 is 9.53 Å². The van der Waals surface area contributed by atoms with Gasteiger partial charge in [0.05, 0.1) is 0 Å². The molecule has 0 saturated heterocycles. The highest BCUT2D eigenvalue weighted by Gasteiger charge is 2.13. The molecule has 0 spiro atoms. The van der Waals surface area contributed by atoms with Crippen molar-refractivity contribution in [3.63, 3.8) is 0 Å². The Kier molecular flexibility index (Phi) is 4.23. The normalized spacial score (nSPS) is 11.2. The summed E-state index contributed by atoms with van der Waals surface area (Å²) in [5.41, 5.74) is 2.05. The van der Waals surface area contributed by atoms with E-state index in [9.17, 15) is 4.79 Å². The summed E-state index contributed by atoms with van der Waals surface area (Å²) in [5.74, 6) is 0.716. The van der Waals surface area contributed by atoms with Gasteiger partial charge in [-0.05, 0) is 23.1 Å². The first-order chi connectivity index (χ1) is 9.47. The molecule has 0 aliphatic heterocycles. The highest BCUT2D eigenvalue weighted by atomic mass is 16.5. The smallest absolute Gasteiger partial charge is 0.200 e. The van der Waals surface area contributed by atoms with Gasteiger partial charge in [0.15, 0.2) is 12.4 Å². The summed E-state index contributed by atoms with van der Waals surface area (Å²) in [4.78, 5) is 11.9. The fourth-order valence-corrected chi connectivity index (χ4v) is 1.91. The molecule has 2 rings (SSSR count). The first-order valence-corrected chi connectivity index (χ1v) is 6.78. The molecule has 0 radical (unpaired) electrons. The van der Waals surface area contributed by atoms with Gasteiger partial charge in [-0.1, -0.05) is 63.2 Å². The average Bonchev–Trinajstić information content (AvgIpc) is 2.45. The van der Waals surface area contributed by atoms with Crippen LogP contribution in [0, 0.1) is 0 Å². The minimum Gasteiger partial charge on any atom is -0.485 e. The molecule has 0 amide bonds. The number of ether oxygens (including phenoxy) is 1. The summed E-state index contributed by atoms with van der Waals surface area (Å²) in [6.45, 7) is 6.57. The topological polar surface area (TPSA) is 26.3 Å². The van der Waals surface area contributed by atoms with Gasteiger partial charge in [0.2, 0.25) is 0 Å². The van der Waals surface area contributed by atoms with Crippen LogP contribution in [0.15, 0.2) is 54.6 Å². The van der Waals surface area contributed by atoms with E-state index in [1.165, 1.54) is 5.56 Å². The molecule has 0 saturated carbocycles. The number of ketones is 1. The van der Waals surface area contributed by atoms with Gasteiger partial charge in [-0.3, -0.25) is 4.79 Å². The van der Waals surface area contributed by atoms with Crippen molar-refractivity contribution >= 4 is 5.78 Å².